The molecule has 0 bridgehead atoms. The average molecular weight is 537 g/mol. The smallest absolute Gasteiger partial charge is 0.375 e. The lowest BCUT2D eigenvalue weighted by Crippen LogP contribution is -2.12. The molecule has 0 aliphatic rings. The van der Waals surface area contributed by atoms with Crippen LogP contribution in [0.2, 0.25) is 5.02 Å². The maximum atomic E-state index is 15.0. The van der Waals surface area contributed by atoms with Gasteiger partial charge in [-0.1, -0.05) is 23.7 Å². The SMILES string of the molecule is Cc1nc2cc(F)c(-c3ccc(P(C)(C)=O)nc3)nc2c(NC(C)c2cccc(C(F)(F)F)c2)c1Cl. The molecule has 0 amide bonds. The van der Waals surface area contributed by atoms with E-state index in [0.717, 1.165) is 12.1 Å². The number of halogens is 5. The normalized spacial score (nSPS) is 13.1. The summed E-state index contributed by atoms with van der Waals surface area (Å²) < 4.78 is 66.9. The van der Waals surface area contributed by atoms with Gasteiger partial charge >= 0.3 is 6.18 Å². The second kappa shape index (κ2) is 9.45. The zero-order valence-electron chi connectivity index (χ0n) is 19.8. The summed E-state index contributed by atoms with van der Waals surface area (Å²) in [5.41, 5.74) is 1.58. The Morgan fingerprint density at radius 1 is 1.08 bits per heavy atom. The van der Waals surface area contributed by atoms with E-state index in [2.05, 4.69) is 20.3 Å². The van der Waals surface area contributed by atoms with Crippen molar-refractivity contribution in [2.75, 3.05) is 18.6 Å². The third-order valence-corrected chi connectivity index (χ3v) is 7.50. The molecule has 5 nitrogen and oxygen atoms in total. The molecule has 11 heteroatoms. The van der Waals surface area contributed by atoms with Gasteiger partial charge < -0.3 is 9.88 Å². The Hall–Kier alpha value is -3.03. The first kappa shape index (κ1) is 26.0. The van der Waals surface area contributed by atoms with Gasteiger partial charge in [0.05, 0.1) is 32.9 Å². The van der Waals surface area contributed by atoms with E-state index in [-0.39, 0.29) is 21.7 Å². The first-order valence-electron chi connectivity index (χ1n) is 10.9. The molecular formula is C25H22ClF4N4OP. The molecule has 0 aliphatic heterocycles. The third-order valence-electron chi connectivity index (χ3n) is 5.67. The van der Waals surface area contributed by atoms with Gasteiger partial charge in [-0.25, -0.2) is 14.4 Å². The minimum atomic E-state index is -4.48. The van der Waals surface area contributed by atoms with E-state index in [1.807, 2.05) is 0 Å². The first-order valence-corrected chi connectivity index (χ1v) is 13.9. The highest BCUT2D eigenvalue weighted by atomic mass is 35.5. The highest BCUT2D eigenvalue weighted by Gasteiger charge is 2.31. The van der Waals surface area contributed by atoms with Crippen molar-refractivity contribution in [1.82, 2.24) is 15.0 Å². The maximum absolute atomic E-state index is 15.0. The molecule has 1 unspecified atom stereocenters. The molecule has 36 heavy (non-hydrogen) atoms. The van der Waals surface area contributed by atoms with Crippen molar-refractivity contribution in [3.8, 4) is 11.3 Å². The van der Waals surface area contributed by atoms with E-state index in [1.54, 1.807) is 45.4 Å². The molecule has 4 rings (SSSR count). The lowest BCUT2D eigenvalue weighted by Gasteiger charge is -2.20. The standard InChI is InChI=1S/C25H22ClF4N4OP/c1-13(15-6-5-7-17(10-15)25(28,29)30)33-24-21(26)14(2)32-19-11-18(27)22(34-23(19)24)16-8-9-20(31-12-16)36(3,4)35/h5-13H,1-4H3,(H,32,33). The first-order chi connectivity index (χ1) is 16.8. The Kier molecular flexibility index (Phi) is 6.84. The molecule has 0 spiro atoms. The fourth-order valence-corrected chi connectivity index (χ4v) is 4.68. The molecule has 1 atom stereocenters. The van der Waals surface area contributed by atoms with Crippen molar-refractivity contribution in [1.29, 1.82) is 0 Å². The predicted molar refractivity (Wildman–Crippen MR) is 135 cm³/mol. The maximum Gasteiger partial charge on any atom is 0.416 e. The lowest BCUT2D eigenvalue weighted by atomic mass is 10.0. The Morgan fingerprint density at radius 2 is 1.81 bits per heavy atom. The highest BCUT2D eigenvalue weighted by molar-refractivity contribution is 7.69. The van der Waals surface area contributed by atoms with Gasteiger partial charge in [-0.2, -0.15) is 13.2 Å². The van der Waals surface area contributed by atoms with Gasteiger partial charge in [0.2, 0.25) is 0 Å². The minimum absolute atomic E-state index is 0.0138. The summed E-state index contributed by atoms with van der Waals surface area (Å²) in [6.07, 6.45) is -3.08. The predicted octanol–water partition coefficient (Wildman–Crippen LogP) is 7.23. The number of pyridine rings is 3. The van der Waals surface area contributed by atoms with Crippen LogP contribution < -0.4 is 10.8 Å². The number of anilines is 1. The van der Waals surface area contributed by atoms with Crippen molar-refractivity contribution < 1.29 is 22.1 Å². The quantitative estimate of drug-likeness (QED) is 0.215. The number of aryl methyl sites for hydroxylation is 1. The molecule has 1 N–H and O–H groups in total. The molecule has 4 aromatic rings. The van der Waals surface area contributed by atoms with Gasteiger partial charge in [-0.05, 0) is 57.0 Å². The molecule has 0 aliphatic carbocycles. The largest absolute Gasteiger partial charge is 0.416 e. The van der Waals surface area contributed by atoms with Gasteiger partial charge in [0.25, 0.3) is 0 Å². The summed E-state index contributed by atoms with van der Waals surface area (Å²) >= 11 is 6.53. The third kappa shape index (κ3) is 5.22. The summed E-state index contributed by atoms with van der Waals surface area (Å²) in [6, 6.07) is 8.76. The number of hydrogen-bond acceptors (Lipinski definition) is 5. The zero-order chi connectivity index (χ0) is 26.4. The number of nitrogens with zero attached hydrogens (tertiary/aromatic N) is 3. The topological polar surface area (TPSA) is 67.8 Å². The highest BCUT2D eigenvalue weighted by Crippen LogP contribution is 2.38. The van der Waals surface area contributed by atoms with E-state index >= 15 is 4.39 Å². The number of benzene rings is 1. The second-order valence-corrected chi connectivity index (χ2v) is 12.4. The van der Waals surface area contributed by atoms with Crippen molar-refractivity contribution in [3.63, 3.8) is 0 Å². The zero-order valence-corrected chi connectivity index (χ0v) is 21.4. The fourth-order valence-electron chi connectivity index (χ4n) is 3.73. The van der Waals surface area contributed by atoms with Crippen LogP contribution in [-0.2, 0) is 10.7 Å². The van der Waals surface area contributed by atoms with E-state index in [0.29, 0.717) is 27.9 Å². The number of fused-ring (bicyclic) bond motifs is 1. The Bertz CT molecular complexity index is 1500. The van der Waals surface area contributed by atoms with Crippen LogP contribution in [0.5, 0.6) is 0 Å². The summed E-state index contributed by atoms with van der Waals surface area (Å²) in [5, 5.41) is 3.36. The molecule has 3 heterocycles. The second-order valence-electron chi connectivity index (χ2n) is 8.82. The van der Waals surface area contributed by atoms with E-state index in [4.69, 9.17) is 11.6 Å². The number of hydrogen-bond donors (Lipinski definition) is 1. The number of alkyl halides is 3. The van der Waals surface area contributed by atoms with Gasteiger partial charge in [0, 0.05) is 23.9 Å². The summed E-state index contributed by atoms with van der Waals surface area (Å²) in [5.74, 6) is -0.640. The van der Waals surface area contributed by atoms with Crippen molar-refractivity contribution in [3.05, 3.63) is 76.3 Å². The molecule has 0 saturated carbocycles. The molecule has 1 aromatic carbocycles. The van der Waals surface area contributed by atoms with E-state index < -0.39 is 30.7 Å². The molecule has 3 aromatic heterocycles. The van der Waals surface area contributed by atoms with Crippen LogP contribution in [0.3, 0.4) is 0 Å². The van der Waals surface area contributed by atoms with Crippen molar-refractivity contribution in [2.24, 2.45) is 0 Å². The van der Waals surface area contributed by atoms with Crippen LogP contribution in [-0.4, -0.2) is 28.3 Å². The fraction of sp³-hybridized carbons (Fsp3) is 0.240. The van der Waals surface area contributed by atoms with Crippen LogP contribution in [0.4, 0.5) is 23.2 Å². The summed E-state index contributed by atoms with van der Waals surface area (Å²) in [6.45, 7) is 6.51. The molecule has 0 radical (unpaired) electrons. The lowest BCUT2D eigenvalue weighted by molar-refractivity contribution is -0.137. The Labute approximate surface area is 210 Å². The number of rotatable bonds is 5. The van der Waals surface area contributed by atoms with Crippen LogP contribution in [0.15, 0.2) is 48.7 Å². The number of aromatic nitrogens is 3. The van der Waals surface area contributed by atoms with Gasteiger partial charge in [-0.3, -0.25) is 4.98 Å². The van der Waals surface area contributed by atoms with Crippen LogP contribution in [0.1, 0.15) is 29.8 Å². The van der Waals surface area contributed by atoms with Crippen LogP contribution >= 0.6 is 18.7 Å². The summed E-state index contributed by atoms with van der Waals surface area (Å²) in [4.78, 5) is 13.0. The summed E-state index contributed by atoms with van der Waals surface area (Å²) in [7, 11) is -2.59. The molecule has 188 valence electrons. The molecule has 0 fully saturated rings. The van der Waals surface area contributed by atoms with Gasteiger partial charge in [0.15, 0.2) is 5.82 Å². The Balaban J connectivity index is 1.80. The monoisotopic (exact) mass is 536 g/mol. The molecule has 0 saturated heterocycles. The van der Waals surface area contributed by atoms with Crippen LogP contribution in [0.25, 0.3) is 22.3 Å². The van der Waals surface area contributed by atoms with Gasteiger partial charge in [-0.15, -0.1) is 0 Å². The van der Waals surface area contributed by atoms with Crippen molar-refractivity contribution >= 4 is 40.9 Å². The van der Waals surface area contributed by atoms with Crippen LogP contribution in [0, 0.1) is 12.7 Å². The van der Waals surface area contributed by atoms with E-state index in [1.165, 1.54) is 18.3 Å². The van der Waals surface area contributed by atoms with Gasteiger partial charge in [0.1, 0.15) is 18.4 Å². The minimum Gasteiger partial charge on any atom is -0.375 e. The Morgan fingerprint density at radius 3 is 2.42 bits per heavy atom. The molecular weight excluding hydrogens is 515 g/mol. The average Bonchev–Trinajstić information content (AvgIpc) is 2.81. The number of nitrogens with one attached hydrogen (secondary N) is 1. The van der Waals surface area contributed by atoms with Crippen molar-refractivity contribution in [2.45, 2.75) is 26.1 Å². The van der Waals surface area contributed by atoms with E-state index in [9.17, 15) is 17.7 Å².